The number of methoxy groups -OCH3 is 1. The summed E-state index contributed by atoms with van der Waals surface area (Å²) in [4.78, 5) is 40.3. The van der Waals surface area contributed by atoms with Crippen molar-refractivity contribution in [2.75, 3.05) is 26.9 Å². The van der Waals surface area contributed by atoms with E-state index in [1.807, 2.05) is 0 Å². The van der Waals surface area contributed by atoms with Crippen LogP contribution in [0.15, 0.2) is 18.2 Å². The number of aliphatic hydroxyl groups excluding tert-OH is 2. The summed E-state index contributed by atoms with van der Waals surface area (Å²) in [5.74, 6) is -3.69. The fourth-order valence-corrected chi connectivity index (χ4v) is 7.05. The summed E-state index contributed by atoms with van der Waals surface area (Å²) < 4.78 is 23.0. The maximum atomic E-state index is 13.8. The quantitative estimate of drug-likeness (QED) is 0.201. The Morgan fingerprint density at radius 2 is 1.80 bits per heavy atom. The van der Waals surface area contributed by atoms with Gasteiger partial charge in [-0.15, -0.1) is 0 Å². The van der Waals surface area contributed by atoms with Crippen molar-refractivity contribution in [2.45, 2.75) is 81.3 Å². The molecule has 2 saturated heterocycles. The standard InChI is InChI=1S/C32H37NO12/c1-14-27(36)18(33-15-6-8-43-9-7-15)10-22(44-14)45-20-12-32(41,21(35)13-34)11-17-24(20)31(40)26-25(29(17)38)28(37)16-4-3-5-19(42-2)23(16)30(26)39/h3-5,14-15,18,20,22,27,33-34,36,38,40-41H,6-13H2,1-2H3/t14?,18?,20-,22?,27?,32-/m0/s1. The Kier molecular flexibility index (Phi) is 8.46. The second-order valence-corrected chi connectivity index (χ2v) is 12.2. The van der Waals surface area contributed by atoms with Crippen LogP contribution in [0, 0.1) is 0 Å². The van der Waals surface area contributed by atoms with E-state index in [1.54, 1.807) is 6.92 Å². The number of ketones is 3. The number of benzene rings is 2. The van der Waals surface area contributed by atoms with Gasteiger partial charge in [0.2, 0.25) is 5.78 Å². The minimum Gasteiger partial charge on any atom is -0.507 e. The summed E-state index contributed by atoms with van der Waals surface area (Å²) in [7, 11) is 1.34. The number of hydrogen-bond donors (Lipinski definition) is 6. The molecule has 2 heterocycles. The predicted molar refractivity (Wildman–Crippen MR) is 155 cm³/mol. The molecule has 2 aliphatic carbocycles. The Hall–Kier alpha value is -3.43. The van der Waals surface area contributed by atoms with Crippen molar-refractivity contribution in [3.8, 4) is 17.2 Å². The molecule has 2 aromatic rings. The van der Waals surface area contributed by atoms with Crippen molar-refractivity contribution >= 4 is 17.3 Å². The van der Waals surface area contributed by atoms with Crippen LogP contribution in [0.1, 0.15) is 81.7 Å². The number of fused-ring (bicyclic) bond motifs is 3. The van der Waals surface area contributed by atoms with Gasteiger partial charge in [0, 0.05) is 61.3 Å². The fourth-order valence-electron chi connectivity index (χ4n) is 7.05. The number of carbonyl (C=O) groups is 3. The lowest BCUT2D eigenvalue weighted by Crippen LogP contribution is -2.57. The first-order valence-electron chi connectivity index (χ1n) is 15.0. The van der Waals surface area contributed by atoms with Crippen molar-refractivity contribution in [3.05, 3.63) is 51.6 Å². The Morgan fingerprint density at radius 3 is 2.49 bits per heavy atom. The molecule has 0 aromatic heterocycles. The third-order valence-corrected chi connectivity index (χ3v) is 9.43. The SMILES string of the molecule is COc1cccc2c1C(=O)c1c(O)c3c(c(O)c1C2=O)C[C@@](O)(C(=O)CO)C[C@@H]3OC1CC(NC2CCOCC2)C(O)C(C)O1. The number of ether oxygens (including phenoxy) is 4. The summed E-state index contributed by atoms with van der Waals surface area (Å²) >= 11 is 0. The number of phenols is 2. The first-order valence-corrected chi connectivity index (χ1v) is 15.0. The van der Waals surface area contributed by atoms with Crippen LogP contribution in [0.25, 0.3) is 0 Å². The fraction of sp³-hybridized carbons (Fsp3) is 0.531. The highest BCUT2D eigenvalue weighted by atomic mass is 16.7. The second kappa shape index (κ2) is 12.1. The van der Waals surface area contributed by atoms with E-state index in [9.17, 15) is 39.9 Å². The minimum absolute atomic E-state index is 0.0435. The molecule has 4 unspecified atom stereocenters. The van der Waals surface area contributed by atoms with Gasteiger partial charge < -0.3 is 49.8 Å². The molecule has 6 N–H and O–H groups in total. The van der Waals surface area contributed by atoms with Gasteiger partial charge in [-0.1, -0.05) is 12.1 Å². The largest absolute Gasteiger partial charge is 0.507 e. The van der Waals surface area contributed by atoms with Crippen molar-refractivity contribution in [1.82, 2.24) is 5.32 Å². The van der Waals surface area contributed by atoms with Gasteiger partial charge in [0.05, 0.1) is 42.1 Å². The van der Waals surface area contributed by atoms with Crippen LogP contribution in [0.4, 0.5) is 0 Å². The first-order chi connectivity index (χ1) is 21.5. The molecule has 6 rings (SSSR count). The number of phenolic OH excluding ortho intramolecular Hbond substituents is 2. The number of rotatable bonds is 7. The monoisotopic (exact) mass is 627 g/mol. The molecule has 2 aliphatic heterocycles. The van der Waals surface area contributed by atoms with Crippen LogP contribution in [-0.4, -0.2) is 106 Å². The van der Waals surface area contributed by atoms with Crippen molar-refractivity contribution in [3.63, 3.8) is 0 Å². The van der Waals surface area contributed by atoms with Crippen LogP contribution in [0.5, 0.6) is 17.2 Å². The molecule has 0 radical (unpaired) electrons. The highest BCUT2D eigenvalue weighted by Crippen LogP contribution is 2.52. The zero-order chi connectivity index (χ0) is 32.2. The average molecular weight is 628 g/mol. The van der Waals surface area contributed by atoms with Gasteiger partial charge in [0.15, 0.2) is 17.9 Å². The van der Waals surface area contributed by atoms with Crippen LogP contribution in [-0.2, 0) is 25.4 Å². The maximum Gasteiger partial charge on any atom is 0.202 e. The van der Waals surface area contributed by atoms with E-state index in [2.05, 4.69) is 5.32 Å². The van der Waals surface area contributed by atoms with E-state index in [-0.39, 0.29) is 40.5 Å². The van der Waals surface area contributed by atoms with Crippen LogP contribution >= 0.6 is 0 Å². The Balaban J connectivity index is 1.41. The lowest BCUT2D eigenvalue weighted by atomic mass is 9.72. The summed E-state index contributed by atoms with van der Waals surface area (Å²) in [6, 6.07) is 4.06. The van der Waals surface area contributed by atoms with E-state index in [0.717, 1.165) is 12.8 Å². The zero-order valence-corrected chi connectivity index (χ0v) is 24.9. The summed E-state index contributed by atoms with van der Waals surface area (Å²) in [5.41, 5.74) is -3.54. The third kappa shape index (κ3) is 5.31. The van der Waals surface area contributed by atoms with Crippen molar-refractivity contribution in [2.24, 2.45) is 0 Å². The van der Waals surface area contributed by atoms with Crippen molar-refractivity contribution in [1.29, 1.82) is 0 Å². The van der Waals surface area contributed by atoms with Crippen LogP contribution < -0.4 is 10.1 Å². The number of aromatic hydroxyl groups is 2. The van der Waals surface area contributed by atoms with Crippen molar-refractivity contribution < 1.29 is 58.9 Å². The summed E-state index contributed by atoms with van der Waals surface area (Å²) in [5, 5.41) is 58.7. The molecule has 242 valence electrons. The molecule has 6 atom stereocenters. The average Bonchev–Trinajstić information content (AvgIpc) is 3.03. The Bertz CT molecular complexity index is 1530. The maximum absolute atomic E-state index is 13.8. The van der Waals surface area contributed by atoms with Crippen LogP contribution in [0.2, 0.25) is 0 Å². The minimum atomic E-state index is -2.24. The van der Waals surface area contributed by atoms with E-state index in [0.29, 0.717) is 13.2 Å². The van der Waals surface area contributed by atoms with E-state index in [4.69, 9.17) is 18.9 Å². The normalized spacial score (nSPS) is 29.9. The molecule has 13 heteroatoms. The number of Topliss-reactive ketones (excluding diaryl/α,β-unsaturated/α-hetero) is 1. The molecule has 4 aliphatic rings. The molecule has 13 nitrogen and oxygen atoms in total. The lowest BCUT2D eigenvalue weighted by Gasteiger charge is -2.43. The highest BCUT2D eigenvalue weighted by molar-refractivity contribution is 6.31. The van der Waals surface area contributed by atoms with E-state index in [1.165, 1.54) is 25.3 Å². The molecule has 2 fully saturated rings. The topological polar surface area (TPSA) is 201 Å². The molecule has 0 saturated carbocycles. The van der Waals surface area contributed by atoms with Gasteiger partial charge in [-0.2, -0.15) is 0 Å². The molecule has 2 aromatic carbocycles. The molecule has 0 amide bonds. The smallest absolute Gasteiger partial charge is 0.202 e. The Labute approximate surface area is 258 Å². The highest BCUT2D eigenvalue weighted by Gasteiger charge is 2.50. The molecular weight excluding hydrogens is 590 g/mol. The predicted octanol–water partition coefficient (Wildman–Crippen LogP) is 0.811. The van der Waals surface area contributed by atoms with E-state index < -0.39 is 95.7 Å². The number of hydrogen-bond acceptors (Lipinski definition) is 13. The van der Waals surface area contributed by atoms with Crippen LogP contribution in [0.3, 0.4) is 0 Å². The van der Waals surface area contributed by atoms with Gasteiger partial charge in [-0.25, -0.2) is 0 Å². The zero-order valence-electron chi connectivity index (χ0n) is 24.9. The van der Waals surface area contributed by atoms with Gasteiger partial charge in [0.25, 0.3) is 0 Å². The van der Waals surface area contributed by atoms with Gasteiger partial charge >= 0.3 is 0 Å². The second-order valence-electron chi connectivity index (χ2n) is 12.2. The van der Waals surface area contributed by atoms with E-state index >= 15 is 0 Å². The Morgan fingerprint density at radius 1 is 1.09 bits per heavy atom. The lowest BCUT2D eigenvalue weighted by molar-refractivity contribution is -0.250. The summed E-state index contributed by atoms with van der Waals surface area (Å²) in [6.07, 6.45) is -3.25. The number of aliphatic hydroxyl groups is 3. The summed E-state index contributed by atoms with van der Waals surface area (Å²) in [6.45, 7) is 1.84. The molecule has 0 spiro atoms. The number of carbonyl (C=O) groups excluding carboxylic acids is 3. The molecular formula is C32H37NO12. The van der Waals surface area contributed by atoms with Gasteiger partial charge in [0.1, 0.15) is 29.5 Å². The first kappa shape index (κ1) is 31.5. The molecule has 45 heavy (non-hydrogen) atoms. The number of nitrogens with one attached hydrogen (secondary N) is 1. The van der Waals surface area contributed by atoms with Gasteiger partial charge in [-0.05, 0) is 25.8 Å². The molecule has 0 bridgehead atoms. The third-order valence-electron chi connectivity index (χ3n) is 9.43. The van der Waals surface area contributed by atoms with Gasteiger partial charge in [-0.3, -0.25) is 14.4 Å².